The van der Waals surface area contributed by atoms with E-state index in [-0.39, 0.29) is 30.3 Å². The van der Waals surface area contributed by atoms with Crippen LogP contribution in [0.25, 0.3) is 0 Å². The maximum atomic E-state index is 9.75. The summed E-state index contributed by atoms with van der Waals surface area (Å²) in [6, 6.07) is 4.55. The number of hydrogen-bond acceptors (Lipinski definition) is 4. The third-order valence-electron chi connectivity index (χ3n) is 2.10. The number of nitriles is 1. The van der Waals surface area contributed by atoms with Crippen molar-refractivity contribution in [2.45, 2.75) is 12.5 Å². The third-order valence-corrected chi connectivity index (χ3v) is 2.79. The summed E-state index contributed by atoms with van der Waals surface area (Å²) in [5, 5.41) is 27.2. The first-order chi connectivity index (χ1) is 7.11. The van der Waals surface area contributed by atoms with E-state index in [1.54, 1.807) is 6.07 Å². The molecular weight excluding hydrogens is 295 g/mol. The molecule has 0 aliphatic carbocycles. The number of halogens is 2. The van der Waals surface area contributed by atoms with Gasteiger partial charge in [0.25, 0.3) is 0 Å². The highest BCUT2D eigenvalue weighted by Gasteiger charge is 2.17. The molecule has 6 heteroatoms. The summed E-state index contributed by atoms with van der Waals surface area (Å²) < 4.78 is 0.639. The SMILES string of the molecule is Cl.N#Cc1ccc(Br)c([C@H](N)CCO)c1O. The smallest absolute Gasteiger partial charge is 0.139 e. The summed E-state index contributed by atoms with van der Waals surface area (Å²) >= 11 is 3.25. The number of aliphatic hydroxyl groups is 1. The highest BCUT2D eigenvalue weighted by Crippen LogP contribution is 2.34. The molecule has 4 nitrogen and oxygen atoms in total. The number of nitrogens with two attached hydrogens (primary N) is 1. The van der Waals surface area contributed by atoms with Crippen LogP contribution in [0, 0.1) is 11.3 Å². The van der Waals surface area contributed by atoms with Crippen LogP contribution in [0.1, 0.15) is 23.6 Å². The Morgan fingerprint density at radius 2 is 2.12 bits per heavy atom. The molecule has 0 unspecified atom stereocenters. The second-order valence-corrected chi connectivity index (χ2v) is 3.94. The molecule has 0 heterocycles. The maximum Gasteiger partial charge on any atom is 0.139 e. The number of phenols is 1. The molecule has 0 bridgehead atoms. The lowest BCUT2D eigenvalue weighted by molar-refractivity contribution is 0.275. The van der Waals surface area contributed by atoms with Crippen LogP contribution >= 0.6 is 28.3 Å². The van der Waals surface area contributed by atoms with Crippen molar-refractivity contribution < 1.29 is 10.2 Å². The summed E-state index contributed by atoms with van der Waals surface area (Å²) in [6.45, 7) is -0.0656. The molecule has 1 aromatic rings. The molecule has 1 atom stereocenters. The number of aromatic hydroxyl groups is 1. The Morgan fingerprint density at radius 1 is 1.50 bits per heavy atom. The third kappa shape index (κ3) is 3.09. The molecule has 0 aliphatic heterocycles. The van der Waals surface area contributed by atoms with Gasteiger partial charge in [-0.1, -0.05) is 15.9 Å². The van der Waals surface area contributed by atoms with Gasteiger partial charge >= 0.3 is 0 Å². The Bertz CT molecular complexity index is 407. The van der Waals surface area contributed by atoms with Gasteiger partial charge in [-0.15, -0.1) is 12.4 Å². The molecule has 0 aromatic heterocycles. The number of hydrogen-bond donors (Lipinski definition) is 3. The summed E-state index contributed by atoms with van der Waals surface area (Å²) in [4.78, 5) is 0. The lowest BCUT2D eigenvalue weighted by Crippen LogP contribution is -2.13. The van der Waals surface area contributed by atoms with Gasteiger partial charge in [-0.2, -0.15) is 5.26 Å². The van der Waals surface area contributed by atoms with Crippen LogP contribution in [0.15, 0.2) is 16.6 Å². The lowest BCUT2D eigenvalue weighted by atomic mass is 10.0. The zero-order valence-electron chi connectivity index (χ0n) is 8.35. The van der Waals surface area contributed by atoms with Crippen LogP contribution in [0.2, 0.25) is 0 Å². The largest absolute Gasteiger partial charge is 0.506 e. The Hall–Kier alpha value is -0.800. The van der Waals surface area contributed by atoms with Crippen LogP contribution in [0.3, 0.4) is 0 Å². The van der Waals surface area contributed by atoms with Gasteiger partial charge in [0.05, 0.1) is 5.56 Å². The van der Waals surface area contributed by atoms with Crippen LogP contribution in [0.5, 0.6) is 5.75 Å². The number of rotatable bonds is 3. The summed E-state index contributed by atoms with van der Waals surface area (Å²) in [5.41, 5.74) is 6.41. The molecule has 0 spiro atoms. The lowest BCUT2D eigenvalue weighted by Gasteiger charge is -2.14. The molecule has 0 saturated carbocycles. The van der Waals surface area contributed by atoms with Gasteiger partial charge in [0.2, 0.25) is 0 Å². The summed E-state index contributed by atoms with van der Waals surface area (Å²) in [6.07, 6.45) is 0.334. The average Bonchev–Trinajstić information content (AvgIpc) is 2.18. The van der Waals surface area contributed by atoms with E-state index in [1.165, 1.54) is 6.07 Å². The fraction of sp³-hybridized carbons (Fsp3) is 0.300. The number of nitrogens with zero attached hydrogens (tertiary/aromatic N) is 1. The van der Waals surface area contributed by atoms with E-state index in [0.29, 0.717) is 16.5 Å². The van der Waals surface area contributed by atoms with E-state index < -0.39 is 6.04 Å². The minimum atomic E-state index is -0.488. The van der Waals surface area contributed by atoms with E-state index in [2.05, 4.69) is 15.9 Å². The molecule has 0 fully saturated rings. The van der Waals surface area contributed by atoms with Crippen LogP contribution < -0.4 is 5.73 Å². The van der Waals surface area contributed by atoms with Crippen LogP contribution in [-0.2, 0) is 0 Å². The van der Waals surface area contributed by atoms with Gasteiger partial charge < -0.3 is 15.9 Å². The first kappa shape index (κ1) is 15.2. The van der Waals surface area contributed by atoms with Crippen LogP contribution in [0.4, 0.5) is 0 Å². The predicted octanol–water partition coefficient (Wildman–Crippen LogP) is 1.83. The van der Waals surface area contributed by atoms with E-state index >= 15 is 0 Å². The molecule has 0 amide bonds. The quantitative estimate of drug-likeness (QED) is 0.794. The molecule has 0 radical (unpaired) electrons. The average molecular weight is 308 g/mol. The number of aliphatic hydroxyl groups excluding tert-OH is 1. The normalized spacial score (nSPS) is 11.4. The molecule has 0 aliphatic rings. The van der Waals surface area contributed by atoms with E-state index in [0.717, 1.165) is 0 Å². The first-order valence-electron chi connectivity index (χ1n) is 4.39. The van der Waals surface area contributed by atoms with Gasteiger partial charge in [-0.05, 0) is 18.6 Å². The van der Waals surface area contributed by atoms with Crippen molar-refractivity contribution in [3.05, 3.63) is 27.7 Å². The van der Waals surface area contributed by atoms with E-state index in [4.69, 9.17) is 16.1 Å². The van der Waals surface area contributed by atoms with Gasteiger partial charge in [0.15, 0.2) is 0 Å². The molecule has 16 heavy (non-hydrogen) atoms. The molecule has 1 rings (SSSR count). The second kappa shape index (κ2) is 6.71. The topological polar surface area (TPSA) is 90.3 Å². The Kier molecular flexibility index (Phi) is 6.38. The first-order valence-corrected chi connectivity index (χ1v) is 5.19. The van der Waals surface area contributed by atoms with Crippen molar-refractivity contribution in [1.82, 2.24) is 0 Å². The van der Waals surface area contributed by atoms with Gasteiger partial charge in [-0.3, -0.25) is 0 Å². The minimum Gasteiger partial charge on any atom is -0.506 e. The zero-order valence-corrected chi connectivity index (χ0v) is 10.8. The fourth-order valence-electron chi connectivity index (χ4n) is 1.31. The van der Waals surface area contributed by atoms with Gasteiger partial charge in [0.1, 0.15) is 11.8 Å². The monoisotopic (exact) mass is 306 g/mol. The fourth-order valence-corrected chi connectivity index (χ4v) is 1.92. The molecule has 0 saturated heterocycles. The summed E-state index contributed by atoms with van der Waals surface area (Å²) in [5.74, 6) is -0.118. The molecule has 1 aromatic carbocycles. The highest BCUT2D eigenvalue weighted by atomic mass is 79.9. The maximum absolute atomic E-state index is 9.75. The standard InChI is InChI=1S/C10H11BrN2O2.ClH/c11-7-2-1-6(5-12)10(15)9(7)8(13)3-4-14;/h1-2,8,14-15H,3-4,13H2;1H/t8-;/m1./s1. The Balaban J connectivity index is 0.00000225. The van der Waals surface area contributed by atoms with Crippen molar-refractivity contribution >= 4 is 28.3 Å². The van der Waals surface area contributed by atoms with E-state index in [1.807, 2.05) is 6.07 Å². The van der Waals surface area contributed by atoms with Crippen molar-refractivity contribution in [2.75, 3.05) is 6.61 Å². The Morgan fingerprint density at radius 3 is 2.62 bits per heavy atom. The molecule has 88 valence electrons. The van der Waals surface area contributed by atoms with Crippen molar-refractivity contribution in [1.29, 1.82) is 5.26 Å². The van der Waals surface area contributed by atoms with E-state index in [9.17, 15) is 5.11 Å². The minimum absolute atomic E-state index is 0. The number of phenolic OH excluding ortho intramolecular Hbond substituents is 1. The van der Waals surface area contributed by atoms with Gasteiger partial charge in [-0.25, -0.2) is 0 Å². The van der Waals surface area contributed by atoms with Gasteiger partial charge in [0, 0.05) is 22.7 Å². The van der Waals surface area contributed by atoms with Crippen molar-refractivity contribution in [3.8, 4) is 11.8 Å². The highest BCUT2D eigenvalue weighted by molar-refractivity contribution is 9.10. The number of benzene rings is 1. The summed E-state index contributed by atoms with van der Waals surface area (Å²) in [7, 11) is 0. The molecular formula is C10H12BrClN2O2. The second-order valence-electron chi connectivity index (χ2n) is 3.09. The van der Waals surface area contributed by atoms with Crippen molar-refractivity contribution in [3.63, 3.8) is 0 Å². The van der Waals surface area contributed by atoms with Crippen LogP contribution in [-0.4, -0.2) is 16.8 Å². The Labute approximate surface area is 108 Å². The zero-order chi connectivity index (χ0) is 11.4. The predicted molar refractivity (Wildman–Crippen MR) is 66.4 cm³/mol. The van der Waals surface area contributed by atoms with Crippen molar-refractivity contribution in [2.24, 2.45) is 5.73 Å². The molecule has 4 N–H and O–H groups in total.